The summed E-state index contributed by atoms with van der Waals surface area (Å²) in [7, 11) is -3.14. The molecule has 0 saturated carbocycles. The van der Waals surface area contributed by atoms with Crippen molar-refractivity contribution in [3.8, 4) is 0 Å². The van der Waals surface area contributed by atoms with Crippen LogP contribution in [0.1, 0.15) is 37.7 Å². The molecule has 0 aliphatic rings. The Balaban J connectivity index is 1.99. The van der Waals surface area contributed by atoms with Crippen LogP contribution in [0.3, 0.4) is 0 Å². The Kier molecular flexibility index (Phi) is 4.96. The van der Waals surface area contributed by atoms with Gasteiger partial charge in [0.1, 0.15) is 5.82 Å². The van der Waals surface area contributed by atoms with Gasteiger partial charge in [-0.25, -0.2) is 18.4 Å². The highest BCUT2D eigenvalue weighted by atomic mass is 32.2. The third kappa shape index (κ3) is 4.37. The lowest BCUT2D eigenvalue weighted by atomic mass is 10.1. The summed E-state index contributed by atoms with van der Waals surface area (Å²) >= 11 is 0. The minimum absolute atomic E-state index is 0.0819. The van der Waals surface area contributed by atoms with Crippen molar-refractivity contribution in [3.05, 3.63) is 59.7 Å². The molecule has 2 aromatic rings. The molecule has 118 valence electrons. The molecular weight excluding hydrogens is 296 g/mol. The van der Waals surface area contributed by atoms with Crippen molar-refractivity contribution in [1.29, 1.82) is 0 Å². The van der Waals surface area contributed by atoms with Crippen LogP contribution in [0.15, 0.2) is 42.7 Å². The summed E-state index contributed by atoms with van der Waals surface area (Å²) < 4.78 is 23.7. The fourth-order valence-electron chi connectivity index (χ4n) is 1.95. The second kappa shape index (κ2) is 6.57. The zero-order chi connectivity index (χ0) is 16.2. The largest absolute Gasteiger partial charge is 0.241 e. The van der Waals surface area contributed by atoms with Crippen LogP contribution in [0.5, 0.6) is 0 Å². The van der Waals surface area contributed by atoms with Crippen molar-refractivity contribution in [1.82, 2.24) is 9.97 Å². The molecule has 0 saturated heterocycles. The van der Waals surface area contributed by atoms with Crippen molar-refractivity contribution >= 4 is 9.84 Å². The molecular formula is C17H22N2O2S. The van der Waals surface area contributed by atoms with Gasteiger partial charge in [0.15, 0.2) is 9.84 Å². The SMILES string of the molecule is CC(C)(C)S(=O)(=O)Cc1ccc(CCc2ncccn2)cc1. The van der Waals surface area contributed by atoms with Crippen molar-refractivity contribution in [2.75, 3.05) is 0 Å². The molecule has 0 spiro atoms. The van der Waals surface area contributed by atoms with E-state index in [1.54, 1.807) is 39.2 Å². The number of nitrogens with zero attached hydrogens (tertiary/aromatic N) is 2. The molecule has 1 aromatic heterocycles. The van der Waals surface area contributed by atoms with E-state index in [0.29, 0.717) is 0 Å². The van der Waals surface area contributed by atoms with Crippen LogP contribution in [0.4, 0.5) is 0 Å². The molecule has 0 unspecified atom stereocenters. The Labute approximate surface area is 132 Å². The van der Waals surface area contributed by atoms with Gasteiger partial charge in [-0.15, -0.1) is 0 Å². The van der Waals surface area contributed by atoms with E-state index < -0.39 is 14.6 Å². The number of aromatic nitrogens is 2. The van der Waals surface area contributed by atoms with Gasteiger partial charge >= 0.3 is 0 Å². The van der Waals surface area contributed by atoms with Gasteiger partial charge in [0.05, 0.1) is 10.5 Å². The first-order valence-electron chi connectivity index (χ1n) is 7.34. The number of rotatable bonds is 5. The van der Waals surface area contributed by atoms with E-state index in [9.17, 15) is 8.42 Å². The first-order valence-corrected chi connectivity index (χ1v) is 8.99. The number of hydrogen-bond donors (Lipinski definition) is 0. The fraction of sp³-hybridized carbons (Fsp3) is 0.412. The molecule has 5 heteroatoms. The summed E-state index contributed by atoms with van der Waals surface area (Å²) in [5.41, 5.74) is 1.99. The van der Waals surface area contributed by atoms with Crippen LogP contribution in [-0.2, 0) is 28.4 Å². The highest BCUT2D eigenvalue weighted by Gasteiger charge is 2.28. The molecule has 0 radical (unpaired) electrons. The minimum Gasteiger partial charge on any atom is -0.241 e. The van der Waals surface area contributed by atoms with E-state index in [0.717, 1.165) is 29.8 Å². The maximum absolute atomic E-state index is 12.2. The van der Waals surface area contributed by atoms with Crippen LogP contribution in [0.2, 0.25) is 0 Å². The molecule has 4 nitrogen and oxygen atoms in total. The van der Waals surface area contributed by atoms with Gasteiger partial charge in [-0.2, -0.15) is 0 Å². The van der Waals surface area contributed by atoms with Crippen LogP contribution < -0.4 is 0 Å². The lowest BCUT2D eigenvalue weighted by Gasteiger charge is -2.19. The Morgan fingerprint density at radius 3 is 2.00 bits per heavy atom. The number of hydrogen-bond acceptors (Lipinski definition) is 4. The highest BCUT2D eigenvalue weighted by molar-refractivity contribution is 7.91. The molecule has 0 bridgehead atoms. The molecule has 1 heterocycles. The average molecular weight is 318 g/mol. The molecule has 2 rings (SSSR count). The molecule has 0 aliphatic heterocycles. The monoisotopic (exact) mass is 318 g/mol. The van der Waals surface area contributed by atoms with Gasteiger partial charge in [0, 0.05) is 18.8 Å². The lowest BCUT2D eigenvalue weighted by molar-refractivity contribution is 0.559. The zero-order valence-electron chi connectivity index (χ0n) is 13.3. The van der Waals surface area contributed by atoms with E-state index in [2.05, 4.69) is 9.97 Å². The Hall–Kier alpha value is -1.75. The third-order valence-corrected chi connectivity index (χ3v) is 6.15. The normalized spacial score (nSPS) is 12.3. The van der Waals surface area contributed by atoms with E-state index in [1.807, 2.05) is 24.3 Å². The second-order valence-corrected chi connectivity index (χ2v) is 9.10. The molecule has 22 heavy (non-hydrogen) atoms. The summed E-state index contributed by atoms with van der Waals surface area (Å²) in [5, 5.41) is 0. The van der Waals surface area contributed by atoms with Crippen LogP contribution in [0.25, 0.3) is 0 Å². The Morgan fingerprint density at radius 2 is 1.45 bits per heavy atom. The van der Waals surface area contributed by atoms with Gasteiger partial charge in [-0.1, -0.05) is 24.3 Å². The molecule has 0 fully saturated rings. The van der Waals surface area contributed by atoms with Crippen LogP contribution in [0, 0.1) is 0 Å². The van der Waals surface area contributed by atoms with Crippen LogP contribution >= 0.6 is 0 Å². The smallest absolute Gasteiger partial charge is 0.159 e. The van der Waals surface area contributed by atoms with Crippen molar-refractivity contribution in [2.45, 2.75) is 44.1 Å². The quantitative estimate of drug-likeness (QED) is 0.850. The van der Waals surface area contributed by atoms with Gasteiger partial charge in [-0.3, -0.25) is 0 Å². The topological polar surface area (TPSA) is 59.9 Å². The van der Waals surface area contributed by atoms with Gasteiger partial charge < -0.3 is 0 Å². The molecule has 0 amide bonds. The van der Waals surface area contributed by atoms with Crippen LogP contribution in [-0.4, -0.2) is 23.1 Å². The molecule has 0 atom stereocenters. The van der Waals surface area contributed by atoms with Crippen molar-refractivity contribution < 1.29 is 8.42 Å². The maximum Gasteiger partial charge on any atom is 0.159 e. The lowest BCUT2D eigenvalue weighted by Crippen LogP contribution is -2.29. The van der Waals surface area contributed by atoms with Gasteiger partial charge in [0.2, 0.25) is 0 Å². The first kappa shape index (κ1) is 16.6. The van der Waals surface area contributed by atoms with Crippen molar-refractivity contribution in [3.63, 3.8) is 0 Å². The standard InChI is InChI=1S/C17H22N2O2S/c1-17(2,3)22(20,21)13-15-7-5-14(6-8-15)9-10-16-18-11-4-12-19-16/h4-8,11-12H,9-10,13H2,1-3H3. The summed E-state index contributed by atoms with van der Waals surface area (Å²) in [6.45, 7) is 5.20. The predicted molar refractivity (Wildman–Crippen MR) is 88.3 cm³/mol. The molecule has 1 aromatic carbocycles. The summed E-state index contributed by atoms with van der Waals surface area (Å²) in [4.78, 5) is 8.39. The third-order valence-electron chi connectivity index (χ3n) is 3.57. The van der Waals surface area contributed by atoms with E-state index in [-0.39, 0.29) is 5.75 Å². The maximum atomic E-state index is 12.2. The van der Waals surface area contributed by atoms with E-state index in [4.69, 9.17) is 0 Å². The van der Waals surface area contributed by atoms with E-state index >= 15 is 0 Å². The van der Waals surface area contributed by atoms with Gasteiger partial charge in [-0.05, 0) is 44.4 Å². The minimum atomic E-state index is -3.14. The summed E-state index contributed by atoms with van der Waals surface area (Å²) in [6, 6.07) is 9.55. The molecule has 0 aliphatic carbocycles. The predicted octanol–water partition coefficient (Wildman–Crippen LogP) is 2.98. The number of aryl methyl sites for hydroxylation is 2. The van der Waals surface area contributed by atoms with E-state index in [1.165, 1.54) is 0 Å². The summed E-state index contributed by atoms with van der Waals surface area (Å²) in [5.74, 6) is 0.903. The zero-order valence-corrected chi connectivity index (χ0v) is 14.1. The number of benzene rings is 1. The first-order chi connectivity index (χ1) is 10.3. The summed E-state index contributed by atoms with van der Waals surface area (Å²) in [6.07, 6.45) is 5.10. The van der Waals surface area contributed by atoms with Crippen molar-refractivity contribution in [2.24, 2.45) is 0 Å². The molecule has 0 N–H and O–H groups in total. The second-order valence-electron chi connectivity index (χ2n) is 6.35. The Bertz CT molecular complexity index is 703. The fourth-order valence-corrected chi connectivity index (χ4v) is 3.02. The highest BCUT2D eigenvalue weighted by Crippen LogP contribution is 2.20. The average Bonchev–Trinajstić information content (AvgIpc) is 2.46. The van der Waals surface area contributed by atoms with Gasteiger partial charge in [0.25, 0.3) is 0 Å². The Morgan fingerprint density at radius 1 is 0.909 bits per heavy atom. The number of sulfone groups is 1.